The van der Waals surface area contributed by atoms with Gasteiger partial charge in [0.05, 0.1) is 12.6 Å². The zero-order chi connectivity index (χ0) is 9.68. The molecule has 0 amide bonds. The van der Waals surface area contributed by atoms with Crippen LogP contribution in [0.1, 0.15) is 15.8 Å². The second kappa shape index (κ2) is 4.67. The van der Waals surface area contributed by atoms with E-state index in [2.05, 4.69) is 17.3 Å². The molecule has 1 aromatic heterocycles. The molecule has 66 valence electrons. The van der Waals surface area contributed by atoms with E-state index in [4.69, 9.17) is 11.7 Å². The first kappa shape index (κ1) is 9.80. The lowest BCUT2D eigenvalue weighted by Crippen LogP contribution is -2.18. The molecule has 13 heavy (non-hydrogen) atoms. The molecule has 0 aliphatic rings. The average molecular weight is 190 g/mol. The Morgan fingerprint density at radius 2 is 2.46 bits per heavy atom. The molecule has 0 spiro atoms. The van der Waals surface area contributed by atoms with Crippen molar-refractivity contribution in [3.63, 3.8) is 0 Å². The van der Waals surface area contributed by atoms with Crippen LogP contribution in [-0.2, 0) is 0 Å². The third kappa shape index (κ3) is 2.59. The molecule has 0 aliphatic carbocycles. The largest absolute Gasteiger partial charge is 0.287 e. The van der Waals surface area contributed by atoms with Gasteiger partial charge in [0, 0.05) is 9.75 Å². The average Bonchev–Trinajstić information content (AvgIpc) is 2.54. The fourth-order valence-electron chi connectivity index (χ4n) is 0.979. The first-order chi connectivity index (χ1) is 6.27. The Bertz CT molecular complexity index is 354. The van der Waals surface area contributed by atoms with Crippen LogP contribution in [0.5, 0.6) is 0 Å². The Hall–Kier alpha value is -1.29. The Morgan fingerprint density at radius 3 is 2.92 bits per heavy atom. The number of nitrogens with one attached hydrogen (secondary N) is 1. The summed E-state index contributed by atoms with van der Waals surface area (Å²) in [5.41, 5.74) is 0. The minimum absolute atomic E-state index is 0.269. The molecule has 1 rings (SSSR count). The molecule has 1 unspecified atom stereocenters. The first-order valence-corrected chi connectivity index (χ1v) is 4.72. The molecule has 1 atom stereocenters. The summed E-state index contributed by atoms with van der Waals surface area (Å²) in [6.07, 6.45) is 5.10. The second-order valence-corrected chi connectivity index (χ2v) is 3.92. The Kier molecular flexibility index (Phi) is 3.52. The predicted molar refractivity (Wildman–Crippen MR) is 54.2 cm³/mol. The van der Waals surface area contributed by atoms with E-state index >= 15 is 0 Å². The summed E-state index contributed by atoms with van der Waals surface area (Å²) in [7, 11) is 0. The molecular weight excluding hydrogens is 180 g/mol. The van der Waals surface area contributed by atoms with E-state index in [0.29, 0.717) is 6.54 Å². The number of nitrogens with zero attached hydrogens (tertiary/aromatic N) is 1. The SMILES string of the molecule is C#CCNC(C#N)c1ccc(C)s1. The maximum Gasteiger partial charge on any atom is 0.131 e. The minimum atomic E-state index is -0.269. The minimum Gasteiger partial charge on any atom is -0.287 e. The monoisotopic (exact) mass is 190 g/mol. The highest BCUT2D eigenvalue weighted by Crippen LogP contribution is 2.21. The molecule has 0 fully saturated rings. The fraction of sp³-hybridized carbons (Fsp3) is 0.300. The number of hydrogen-bond donors (Lipinski definition) is 1. The zero-order valence-corrected chi connectivity index (χ0v) is 8.19. The van der Waals surface area contributed by atoms with Gasteiger partial charge in [-0.2, -0.15) is 5.26 Å². The van der Waals surface area contributed by atoms with Crippen LogP contribution in [0.2, 0.25) is 0 Å². The van der Waals surface area contributed by atoms with Gasteiger partial charge in [-0.15, -0.1) is 17.8 Å². The van der Waals surface area contributed by atoms with Gasteiger partial charge in [-0.1, -0.05) is 5.92 Å². The number of hydrogen-bond acceptors (Lipinski definition) is 3. The van der Waals surface area contributed by atoms with E-state index in [0.717, 1.165) is 4.88 Å². The smallest absolute Gasteiger partial charge is 0.131 e. The van der Waals surface area contributed by atoms with Gasteiger partial charge in [-0.25, -0.2) is 0 Å². The van der Waals surface area contributed by atoms with Gasteiger partial charge >= 0.3 is 0 Å². The van der Waals surface area contributed by atoms with Crippen LogP contribution in [0, 0.1) is 30.6 Å². The summed E-state index contributed by atoms with van der Waals surface area (Å²) in [5, 5.41) is 11.8. The fourth-order valence-corrected chi connectivity index (χ4v) is 1.88. The van der Waals surface area contributed by atoms with Crippen LogP contribution < -0.4 is 5.32 Å². The molecule has 1 aromatic rings. The second-order valence-electron chi connectivity index (χ2n) is 2.60. The van der Waals surface area contributed by atoms with Gasteiger partial charge in [0.15, 0.2) is 0 Å². The molecule has 0 radical (unpaired) electrons. The lowest BCUT2D eigenvalue weighted by molar-refractivity contribution is 0.701. The molecule has 1 N–H and O–H groups in total. The van der Waals surface area contributed by atoms with Gasteiger partial charge in [-0.3, -0.25) is 5.32 Å². The maximum absolute atomic E-state index is 8.84. The van der Waals surface area contributed by atoms with Crippen LogP contribution in [0.15, 0.2) is 12.1 Å². The highest BCUT2D eigenvalue weighted by Gasteiger charge is 2.10. The highest BCUT2D eigenvalue weighted by atomic mass is 32.1. The van der Waals surface area contributed by atoms with Crippen LogP contribution in [0.25, 0.3) is 0 Å². The van der Waals surface area contributed by atoms with E-state index in [-0.39, 0.29) is 6.04 Å². The van der Waals surface area contributed by atoms with E-state index in [1.54, 1.807) is 11.3 Å². The third-order valence-electron chi connectivity index (χ3n) is 1.58. The summed E-state index contributed by atoms with van der Waals surface area (Å²) < 4.78 is 0. The van der Waals surface area contributed by atoms with Crippen molar-refractivity contribution >= 4 is 11.3 Å². The number of terminal acetylenes is 1. The topological polar surface area (TPSA) is 35.8 Å². The van der Waals surface area contributed by atoms with Gasteiger partial charge < -0.3 is 0 Å². The molecule has 0 saturated carbocycles. The normalized spacial score (nSPS) is 11.6. The molecule has 2 nitrogen and oxygen atoms in total. The quantitative estimate of drug-likeness (QED) is 0.738. The summed E-state index contributed by atoms with van der Waals surface area (Å²) in [5.74, 6) is 2.45. The van der Waals surface area contributed by atoms with Crippen molar-refractivity contribution < 1.29 is 0 Å². The molecule has 0 aliphatic heterocycles. The van der Waals surface area contributed by atoms with E-state index < -0.39 is 0 Å². The van der Waals surface area contributed by atoms with Crippen molar-refractivity contribution in [1.82, 2.24) is 5.32 Å². The molecule has 0 aromatic carbocycles. The van der Waals surface area contributed by atoms with Crippen molar-refractivity contribution in [3.05, 3.63) is 21.9 Å². The van der Waals surface area contributed by atoms with Gasteiger partial charge in [0.25, 0.3) is 0 Å². The molecule has 0 saturated heterocycles. The zero-order valence-electron chi connectivity index (χ0n) is 7.37. The molecule has 1 heterocycles. The Morgan fingerprint density at radius 1 is 1.69 bits per heavy atom. The highest BCUT2D eigenvalue weighted by molar-refractivity contribution is 7.12. The predicted octanol–water partition coefficient (Wildman–Crippen LogP) is 1.84. The van der Waals surface area contributed by atoms with Crippen molar-refractivity contribution in [2.45, 2.75) is 13.0 Å². The van der Waals surface area contributed by atoms with Gasteiger partial charge in [0.2, 0.25) is 0 Å². The molecule has 3 heteroatoms. The lowest BCUT2D eigenvalue weighted by Gasteiger charge is -2.05. The number of aryl methyl sites for hydroxylation is 1. The standard InChI is InChI=1S/C10H10N2S/c1-3-6-12-9(7-11)10-5-4-8(2)13-10/h1,4-5,9,12H,6H2,2H3. The van der Waals surface area contributed by atoms with Crippen LogP contribution in [0.3, 0.4) is 0 Å². The van der Waals surface area contributed by atoms with Crippen molar-refractivity contribution in [1.29, 1.82) is 5.26 Å². The van der Waals surface area contributed by atoms with E-state index in [1.807, 2.05) is 19.1 Å². The van der Waals surface area contributed by atoms with Crippen molar-refractivity contribution in [2.75, 3.05) is 6.54 Å². The van der Waals surface area contributed by atoms with Crippen LogP contribution in [0.4, 0.5) is 0 Å². The number of nitriles is 1. The van der Waals surface area contributed by atoms with Gasteiger partial charge in [-0.05, 0) is 19.1 Å². The van der Waals surface area contributed by atoms with Crippen LogP contribution >= 0.6 is 11.3 Å². The summed E-state index contributed by atoms with van der Waals surface area (Å²) >= 11 is 1.62. The molecular formula is C10H10N2S. The van der Waals surface area contributed by atoms with Crippen molar-refractivity contribution in [3.8, 4) is 18.4 Å². The summed E-state index contributed by atoms with van der Waals surface area (Å²) in [6.45, 7) is 2.44. The van der Waals surface area contributed by atoms with E-state index in [9.17, 15) is 0 Å². The maximum atomic E-state index is 8.84. The molecule has 0 bridgehead atoms. The lowest BCUT2D eigenvalue weighted by atomic mass is 10.2. The summed E-state index contributed by atoms with van der Waals surface area (Å²) in [6, 6.07) is 5.86. The van der Waals surface area contributed by atoms with E-state index in [1.165, 1.54) is 4.88 Å². The number of thiophene rings is 1. The summed E-state index contributed by atoms with van der Waals surface area (Å²) in [4.78, 5) is 2.23. The van der Waals surface area contributed by atoms with Crippen LogP contribution in [-0.4, -0.2) is 6.54 Å². The van der Waals surface area contributed by atoms with Gasteiger partial charge in [0.1, 0.15) is 6.04 Å². The Labute approximate surface area is 82.2 Å². The Balaban J connectivity index is 2.69. The number of rotatable bonds is 3. The third-order valence-corrected chi connectivity index (χ3v) is 2.65. The first-order valence-electron chi connectivity index (χ1n) is 3.90. The van der Waals surface area contributed by atoms with Crippen molar-refractivity contribution in [2.24, 2.45) is 0 Å².